The maximum Gasteiger partial charge on any atom is 1.00 e. The molecule has 1 fully saturated rings. The van der Waals surface area contributed by atoms with Crippen LogP contribution in [0.1, 0.15) is 24.0 Å². The predicted octanol–water partition coefficient (Wildman–Crippen LogP) is -0.612. The number of carbonyl (C=O) groups is 1. The minimum absolute atomic E-state index is 0. The van der Waals surface area contributed by atoms with Gasteiger partial charge in [-0.2, -0.15) is 16.8 Å². The van der Waals surface area contributed by atoms with Crippen LogP contribution >= 0.6 is 12.2 Å². The van der Waals surface area contributed by atoms with Gasteiger partial charge < -0.3 is 20.7 Å². The maximum absolute atomic E-state index is 12.0. The fourth-order valence-electron chi connectivity index (χ4n) is 3.03. The first-order valence-corrected chi connectivity index (χ1v) is 13.4. The monoisotopic (exact) mass is 564 g/mol. The number of methoxy groups -OCH3 is 1. The van der Waals surface area contributed by atoms with E-state index in [1.165, 1.54) is 49.6 Å². The third kappa shape index (κ3) is 8.90. The van der Waals surface area contributed by atoms with Crippen LogP contribution < -0.4 is 45.5 Å². The van der Waals surface area contributed by atoms with Crippen molar-refractivity contribution in [1.29, 1.82) is 0 Å². The van der Waals surface area contributed by atoms with Crippen molar-refractivity contribution >= 4 is 67.0 Å². The molecule has 0 spiro atoms. The van der Waals surface area contributed by atoms with Crippen LogP contribution in [-0.4, -0.2) is 56.7 Å². The van der Waals surface area contributed by atoms with Crippen molar-refractivity contribution in [2.24, 2.45) is 0 Å². The first-order valence-electron chi connectivity index (χ1n) is 10.1. The molecule has 0 unspecified atom stereocenters. The molecule has 0 radical (unpaired) electrons. The number of ether oxygens (including phenoxy) is 1. The molecule has 0 aliphatic heterocycles. The Bertz CT molecular complexity index is 1390. The Morgan fingerprint density at radius 2 is 1.44 bits per heavy atom. The van der Waals surface area contributed by atoms with E-state index in [0.29, 0.717) is 10.8 Å². The molecular formula is C21H23N3NaO8S3+. The zero-order chi connectivity index (χ0) is 25.8. The molecule has 36 heavy (non-hydrogen) atoms. The number of nitrogens with one attached hydrogen (secondary N) is 3. The molecule has 1 saturated carbocycles. The molecule has 0 heterocycles. The van der Waals surface area contributed by atoms with E-state index in [0.717, 1.165) is 18.9 Å². The average Bonchev–Trinajstić information content (AvgIpc) is 3.56. The molecular weight excluding hydrogens is 541 g/mol. The summed E-state index contributed by atoms with van der Waals surface area (Å²) in [5, 5.41) is 8.63. The van der Waals surface area contributed by atoms with Gasteiger partial charge in [-0.15, -0.1) is 0 Å². The maximum atomic E-state index is 12.0. The van der Waals surface area contributed by atoms with Crippen molar-refractivity contribution in [2.75, 3.05) is 24.4 Å². The van der Waals surface area contributed by atoms with E-state index in [1.54, 1.807) is 0 Å². The van der Waals surface area contributed by atoms with Crippen LogP contribution in [0.15, 0.2) is 46.2 Å². The number of rotatable bonds is 9. The standard InChI is InChI=1S/C21H23N3O8S3.Na/c1-32-12-20(25)22-16-6-4-13(18(10-16)34(26,27)28)2-3-14-5-7-17(11-19(14)35(29,30)31)24-21(33)23-15-8-9-15;/h2-7,10-11,15H,8-9,12H2,1H3,(H,22,25)(H2,23,24,33)(H,26,27,28)(H,29,30,31);/q;+1/b3-2+;. The summed E-state index contributed by atoms with van der Waals surface area (Å²) in [4.78, 5) is 10.7. The molecule has 2 aromatic rings. The minimum Gasteiger partial charge on any atom is -0.375 e. The predicted molar refractivity (Wildman–Crippen MR) is 134 cm³/mol. The average molecular weight is 565 g/mol. The minimum atomic E-state index is -4.70. The van der Waals surface area contributed by atoms with Crippen LogP contribution in [0.25, 0.3) is 12.2 Å². The summed E-state index contributed by atoms with van der Waals surface area (Å²) >= 11 is 5.18. The number of amides is 1. The zero-order valence-corrected chi connectivity index (χ0v) is 23.8. The number of carbonyl (C=O) groups excluding carboxylic acids is 1. The summed E-state index contributed by atoms with van der Waals surface area (Å²) in [5.74, 6) is -0.532. The molecule has 5 N–H and O–H groups in total. The van der Waals surface area contributed by atoms with Crippen molar-refractivity contribution in [2.45, 2.75) is 28.7 Å². The van der Waals surface area contributed by atoms with Gasteiger partial charge in [-0.25, -0.2) is 0 Å². The summed E-state index contributed by atoms with van der Waals surface area (Å²) in [6, 6.07) is 8.16. The van der Waals surface area contributed by atoms with E-state index >= 15 is 0 Å². The summed E-state index contributed by atoms with van der Waals surface area (Å²) in [5.41, 5.74) is 0.484. The Morgan fingerprint density at radius 1 is 0.972 bits per heavy atom. The summed E-state index contributed by atoms with van der Waals surface area (Å²) < 4.78 is 71.8. The topological polar surface area (TPSA) is 171 Å². The molecule has 3 rings (SSSR count). The fourth-order valence-corrected chi connectivity index (χ4v) is 4.74. The fraction of sp³-hybridized carbons (Fsp3) is 0.238. The van der Waals surface area contributed by atoms with Crippen LogP contribution in [-0.2, 0) is 29.8 Å². The van der Waals surface area contributed by atoms with Crippen LogP contribution in [0.3, 0.4) is 0 Å². The third-order valence-electron chi connectivity index (χ3n) is 4.76. The smallest absolute Gasteiger partial charge is 0.375 e. The normalized spacial score (nSPS) is 13.6. The van der Waals surface area contributed by atoms with E-state index in [9.17, 15) is 30.7 Å². The van der Waals surface area contributed by atoms with Crippen molar-refractivity contribution in [1.82, 2.24) is 5.32 Å². The number of benzene rings is 2. The molecule has 1 amide bonds. The number of hydrogen-bond acceptors (Lipinski definition) is 7. The molecule has 11 nitrogen and oxygen atoms in total. The largest absolute Gasteiger partial charge is 1.00 e. The van der Waals surface area contributed by atoms with Crippen LogP contribution in [0.5, 0.6) is 0 Å². The van der Waals surface area contributed by atoms with Crippen molar-refractivity contribution < 1.29 is 65.0 Å². The van der Waals surface area contributed by atoms with E-state index in [1.807, 2.05) is 0 Å². The van der Waals surface area contributed by atoms with Crippen LogP contribution in [0, 0.1) is 0 Å². The summed E-state index contributed by atoms with van der Waals surface area (Å²) in [6.45, 7) is -0.256. The molecule has 15 heteroatoms. The molecule has 0 aromatic heterocycles. The Labute approximate surface area is 236 Å². The number of thiocarbonyl (C=S) groups is 1. The van der Waals surface area contributed by atoms with Crippen molar-refractivity contribution in [3.63, 3.8) is 0 Å². The van der Waals surface area contributed by atoms with Gasteiger partial charge in [-0.1, -0.05) is 24.3 Å². The van der Waals surface area contributed by atoms with E-state index < -0.39 is 35.9 Å². The molecule has 2 aromatic carbocycles. The van der Waals surface area contributed by atoms with Gasteiger partial charge >= 0.3 is 29.6 Å². The SMILES string of the molecule is COCC(=O)Nc1ccc(/C=C/c2ccc(NC(=S)NC3CC3)cc2S(=O)(=O)O)c(S(=O)(=O)O)c1.[Na+]. The molecule has 1 aliphatic carbocycles. The Hall–Kier alpha value is -1.88. The van der Waals surface area contributed by atoms with Gasteiger partial charge in [0.05, 0.1) is 0 Å². The Balaban J connectivity index is 0.00000456. The molecule has 0 bridgehead atoms. The first-order chi connectivity index (χ1) is 16.4. The van der Waals surface area contributed by atoms with Crippen molar-refractivity contribution in [3.05, 3.63) is 47.5 Å². The second-order valence-corrected chi connectivity index (χ2v) is 10.8. The van der Waals surface area contributed by atoms with Gasteiger partial charge in [-0.05, 0) is 60.5 Å². The third-order valence-corrected chi connectivity index (χ3v) is 6.79. The number of anilines is 2. The molecule has 188 valence electrons. The zero-order valence-electron chi connectivity index (χ0n) is 19.4. The first kappa shape index (κ1) is 30.3. The van der Waals surface area contributed by atoms with Gasteiger partial charge in [0.15, 0.2) is 5.11 Å². The van der Waals surface area contributed by atoms with Gasteiger partial charge in [0, 0.05) is 24.5 Å². The van der Waals surface area contributed by atoms with E-state index in [-0.39, 0.29) is 59.0 Å². The second-order valence-electron chi connectivity index (χ2n) is 7.64. The Morgan fingerprint density at radius 3 is 1.86 bits per heavy atom. The van der Waals surface area contributed by atoms with Gasteiger partial charge in [0.25, 0.3) is 20.2 Å². The van der Waals surface area contributed by atoms with E-state index in [2.05, 4.69) is 16.0 Å². The van der Waals surface area contributed by atoms with Crippen molar-refractivity contribution in [3.8, 4) is 0 Å². The van der Waals surface area contributed by atoms with Crippen LogP contribution in [0.2, 0.25) is 0 Å². The molecule has 1 aliphatic rings. The summed E-state index contributed by atoms with van der Waals surface area (Å²) in [7, 11) is -8.04. The Kier molecular flexibility index (Phi) is 10.6. The van der Waals surface area contributed by atoms with E-state index in [4.69, 9.17) is 17.0 Å². The number of hydrogen-bond donors (Lipinski definition) is 5. The van der Waals surface area contributed by atoms with Gasteiger partial charge in [0.2, 0.25) is 5.91 Å². The molecule has 0 atom stereocenters. The summed E-state index contributed by atoms with van der Waals surface area (Å²) in [6.07, 6.45) is 4.50. The van der Waals surface area contributed by atoms with Gasteiger partial charge in [0.1, 0.15) is 16.4 Å². The quantitative estimate of drug-likeness (QED) is 0.114. The van der Waals surface area contributed by atoms with Crippen LogP contribution in [0.4, 0.5) is 11.4 Å². The van der Waals surface area contributed by atoms with Gasteiger partial charge in [-0.3, -0.25) is 13.9 Å². The second kappa shape index (κ2) is 12.6. The molecule has 0 saturated heterocycles.